The van der Waals surface area contributed by atoms with E-state index in [-0.39, 0.29) is 11.5 Å². The van der Waals surface area contributed by atoms with Crippen LogP contribution in [0.4, 0.5) is 5.69 Å². The van der Waals surface area contributed by atoms with E-state index in [1.165, 1.54) is 5.56 Å². The van der Waals surface area contributed by atoms with Gasteiger partial charge < -0.3 is 9.88 Å². The van der Waals surface area contributed by atoms with Gasteiger partial charge in [-0.2, -0.15) is 0 Å². The molecule has 0 aliphatic carbocycles. The molecule has 1 fully saturated rings. The molecular weight excluding hydrogens is 314 g/mol. The molecule has 0 saturated carbocycles. The number of carbonyl (C=O) groups excluding carboxylic acids is 1. The highest BCUT2D eigenvalue weighted by Gasteiger charge is 2.34. The molecule has 130 valence electrons. The van der Waals surface area contributed by atoms with Crippen LogP contribution in [0.25, 0.3) is 0 Å². The number of pyridine rings is 1. The molecule has 5 heteroatoms. The zero-order valence-electron chi connectivity index (χ0n) is 14.4. The fraction of sp³-hybridized carbons (Fsp3) is 0.400. The lowest BCUT2D eigenvalue weighted by molar-refractivity contribution is -0.117. The zero-order chi connectivity index (χ0) is 17.4. The minimum Gasteiger partial charge on any atom is -0.325 e. The van der Waals surface area contributed by atoms with Crippen LogP contribution in [0.5, 0.6) is 0 Å². The van der Waals surface area contributed by atoms with E-state index >= 15 is 0 Å². The number of amides is 1. The first-order valence-corrected chi connectivity index (χ1v) is 8.87. The first-order valence-electron chi connectivity index (χ1n) is 8.87. The molecule has 25 heavy (non-hydrogen) atoms. The van der Waals surface area contributed by atoms with Gasteiger partial charge in [0, 0.05) is 43.0 Å². The summed E-state index contributed by atoms with van der Waals surface area (Å²) in [5.74, 6) is 0.807. The van der Waals surface area contributed by atoms with Crippen molar-refractivity contribution in [3.8, 4) is 0 Å². The molecule has 1 aromatic carbocycles. The zero-order valence-corrected chi connectivity index (χ0v) is 14.4. The monoisotopic (exact) mass is 337 g/mol. The van der Waals surface area contributed by atoms with Gasteiger partial charge in [0.2, 0.25) is 5.91 Å². The number of anilines is 1. The third-order valence-electron chi connectivity index (χ3n) is 5.26. The van der Waals surface area contributed by atoms with Gasteiger partial charge in [0.05, 0.1) is 6.54 Å². The summed E-state index contributed by atoms with van der Waals surface area (Å²) in [4.78, 5) is 26.7. The second kappa shape index (κ2) is 6.48. The summed E-state index contributed by atoms with van der Waals surface area (Å²) >= 11 is 0. The molecule has 5 nitrogen and oxygen atoms in total. The number of nitrogens with zero attached hydrogens (tertiary/aromatic N) is 2. The van der Waals surface area contributed by atoms with Gasteiger partial charge in [-0.15, -0.1) is 0 Å². The lowest BCUT2D eigenvalue weighted by Crippen LogP contribution is -2.49. The Labute approximate surface area is 147 Å². The highest BCUT2D eigenvalue weighted by molar-refractivity contribution is 5.92. The number of aryl methyl sites for hydroxylation is 1. The number of fused-ring (bicyclic) bond motifs is 4. The Balaban J connectivity index is 1.43. The Hall–Kier alpha value is -2.40. The number of aromatic nitrogens is 1. The van der Waals surface area contributed by atoms with Gasteiger partial charge in [-0.1, -0.05) is 23.8 Å². The second-order valence-electron chi connectivity index (χ2n) is 7.31. The molecule has 0 radical (unpaired) electrons. The molecule has 1 amide bonds. The van der Waals surface area contributed by atoms with E-state index in [1.54, 1.807) is 6.07 Å². The van der Waals surface area contributed by atoms with E-state index in [4.69, 9.17) is 0 Å². The number of hydrogen-bond donors (Lipinski definition) is 1. The van der Waals surface area contributed by atoms with Crippen molar-refractivity contribution < 1.29 is 4.79 Å². The SMILES string of the molecule is Cc1ccc(NC(=O)CN2CC3CC(C2)c2cccc(=O)n2C3)cc1. The van der Waals surface area contributed by atoms with Crippen molar-refractivity contribution in [2.75, 3.05) is 25.0 Å². The fourth-order valence-corrected chi connectivity index (χ4v) is 4.17. The largest absolute Gasteiger partial charge is 0.325 e. The van der Waals surface area contributed by atoms with Gasteiger partial charge in [0.1, 0.15) is 0 Å². The van der Waals surface area contributed by atoms with E-state index < -0.39 is 0 Å². The summed E-state index contributed by atoms with van der Waals surface area (Å²) in [6.07, 6.45) is 1.11. The summed E-state index contributed by atoms with van der Waals surface area (Å²) < 4.78 is 1.92. The molecule has 4 rings (SSSR count). The van der Waals surface area contributed by atoms with Crippen molar-refractivity contribution in [3.63, 3.8) is 0 Å². The Morgan fingerprint density at radius 2 is 1.92 bits per heavy atom. The smallest absolute Gasteiger partial charge is 0.250 e. The maximum atomic E-state index is 12.4. The first-order chi connectivity index (χ1) is 12.1. The maximum Gasteiger partial charge on any atom is 0.250 e. The van der Waals surface area contributed by atoms with Crippen molar-refractivity contribution in [2.45, 2.75) is 25.8 Å². The predicted molar refractivity (Wildman–Crippen MR) is 97.8 cm³/mol. The average Bonchev–Trinajstić information content (AvgIpc) is 2.58. The van der Waals surface area contributed by atoms with Crippen molar-refractivity contribution in [3.05, 3.63) is 64.1 Å². The normalized spacial score (nSPS) is 22.3. The summed E-state index contributed by atoms with van der Waals surface area (Å²) in [7, 11) is 0. The van der Waals surface area contributed by atoms with E-state index in [0.717, 1.165) is 37.4 Å². The van der Waals surface area contributed by atoms with Crippen LogP contribution in [0, 0.1) is 12.8 Å². The van der Waals surface area contributed by atoms with Crippen LogP contribution in [0.2, 0.25) is 0 Å². The van der Waals surface area contributed by atoms with Crippen LogP contribution < -0.4 is 10.9 Å². The number of carbonyl (C=O) groups is 1. The average molecular weight is 337 g/mol. The molecule has 2 aliphatic rings. The van der Waals surface area contributed by atoms with E-state index in [1.807, 2.05) is 41.8 Å². The number of hydrogen-bond acceptors (Lipinski definition) is 3. The van der Waals surface area contributed by atoms with E-state index in [2.05, 4.69) is 16.3 Å². The van der Waals surface area contributed by atoms with Gasteiger partial charge in [-0.3, -0.25) is 14.5 Å². The van der Waals surface area contributed by atoms with Gasteiger partial charge in [-0.25, -0.2) is 0 Å². The minimum absolute atomic E-state index is 0.0225. The molecule has 1 aromatic heterocycles. The molecule has 1 saturated heterocycles. The molecular formula is C20H23N3O2. The first kappa shape index (κ1) is 16.1. The Morgan fingerprint density at radius 1 is 1.12 bits per heavy atom. The minimum atomic E-state index is 0.0225. The molecule has 0 spiro atoms. The summed E-state index contributed by atoms with van der Waals surface area (Å²) in [5, 5.41) is 2.97. The van der Waals surface area contributed by atoms with Gasteiger partial charge >= 0.3 is 0 Å². The number of benzene rings is 1. The van der Waals surface area contributed by atoms with Crippen LogP contribution >= 0.6 is 0 Å². The highest BCUT2D eigenvalue weighted by atomic mass is 16.2. The van der Waals surface area contributed by atoms with Crippen LogP contribution in [-0.4, -0.2) is 35.0 Å². The van der Waals surface area contributed by atoms with Gasteiger partial charge in [0.25, 0.3) is 5.56 Å². The Bertz CT molecular complexity index is 841. The highest BCUT2D eigenvalue weighted by Crippen LogP contribution is 2.34. The lowest BCUT2D eigenvalue weighted by atomic mass is 9.83. The number of nitrogens with one attached hydrogen (secondary N) is 1. The summed E-state index contributed by atoms with van der Waals surface area (Å²) in [6, 6.07) is 13.4. The molecule has 2 aromatic rings. The van der Waals surface area contributed by atoms with Crippen LogP contribution in [0.1, 0.15) is 23.6 Å². The van der Waals surface area contributed by atoms with Gasteiger partial charge in [0.15, 0.2) is 0 Å². The summed E-state index contributed by atoms with van der Waals surface area (Å²) in [6.45, 7) is 4.90. The van der Waals surface area contributed by atoms with Crippen LogP contribution in [0.15, 0.2) is 47.3 Å². The number of likely N-dealkylation sites (tertiary alicyclic amines) is 1. The van der Waals surface area contributed by atoms with E-state index in [0.29, 0.717) is 18.4 Å². The number of piperidine rings is 1. The van der Waals surface area contributed by atoms with Gasteiger partial charge in [-0.05, 0) is 37.5 Å². The number of rotatable bonds is 3. The topological polar surface area (TPSA) is 54.3 Å². The predicted octanol–water partition coefficient (Wildman–Crippen LogP) is 2.21. The molecule has 2 bridgehead atoms. The van der Waals surface area contributed by atoms with Crippen molar-refractivity contribution >= 4 is 11.6 Å². The third kappa shape index (κ3) is 3.37. The lowest BCUT2D eigenvalue weighted by Gasteiger charge is -2.42. The quantitative estimate of drug-likeness (QED) is 0.934. The Kier molecular flexibility index (Phi) is 4.17. The molecule has 2 unspecified atom stereocenters. The van der Waals surface area contributed by atoms with E-state index in [9.17, 15) is 9.59 Å². The second-order valence-corrected chi connectivity index (χ2v) is 7.31. The maximum absolute atomic E-state index is 12.4. The van der Waals surface area contributed by atoms with Crippen molar-refractivity contribution in [1.82, 2.24) is 9.47 Å². The van der Waals surface area contributed by atoms with Crippen LogP contribution in [0.3, 0.4) is 0 Å². The molecule has 2 atom stereocenters. The third-order valence-corrected chi connectivity index (χ3v) is 5.26. The Morgan fingerprint density at radius 3 is 2.72 bits per heavy atom. The van der Waals surface area contributed by atoms with Crippen molar-refractivity contribution in [2.24, 2.45) is 5.92 Å². The van der Waals surface area contributed by atoms with Crippen molar-refractivity contribution in [1.29, 1.82) is 0 Å². The van der Waals surface area contributed by atoms with Crippen LogP contribution in [-0.2, 0) is 11.3 Å². The standard InChI is InChI=1S/C20H23N3O2/c1-14-5-7-17(8-6-14)21-19(24)13-22-10-15-9-16(12-22)18-3-2-4-20(25)23(18)11-15/h2-8,15-16H,9-13H2,1H3,(H,21,24). The molecule has 1 N–H and O–H groups in total. The molecule has 3 heterocycles. The molecule has 2 aliphatic heterocycles. The fourth-order valence-electron chi connectivity index (χ4n) is 4.17. The summed E-state index contributed by atoms with van der Waals surface area (Å²) in [5.41, 5.74) is 3.23.